The van der Waals surface area contributed by atoms with Gasteiger partial charge in [-0.3, -0.25) is 29.0 Å². The SMILES string of the molecule is CCC1=C2CC[C@H]3CN(C(=O)[C@@H](NC(=O)[C@H](CC4CCCCC4)NC(=O)c4cnccn4)C(C)(C)C)[C@H](C(=O)NC1C(O)C(=O)NC1CC1)[C@@H]23. The summed E-state index contributed by atoms with van der Waals surface area (Å²) in [5, 5.41) is 22.9. The van der Waals surface area contributed by atoms with Crippen LogP contribution in [0.2, 0.25) is 0 Å². The highest BCUT2D eigenvalue weighted by atomic mass is 16.3. The van der Waals surface area contributed by atoms with Gasteiger partial charge in [0.2, 0.25) is 17.7 Å². The molecule has 7 atom stereocenters. The van der Waals surface area contributed by atoms with Crippen molar-refractivity contribution in [2.45, 2.75) is 135 Å². The Labute approximate surface area is 294 Å². The Balaban J connectivity index is 1.24. The van der Waals surface area contributed by atoms with Crippen LogP contribution in [0, 0.1) is 23.2 Å². The van der Waals surface area contributed by atoms with Gasteiger partial charge in [-0.05, 0) is 61.3 Å². The quantitative estimate of drug-likeness (QED) is 0.219. The van der Waals surface area contributed by atoms with Gasteiger partial charge < -0.3 is 31.3 Å². The second-order valence-electron chi connectivity index (χ2n) is 16.0. The van der Waals surface area contributed by atoms with Gasteiger partial charge in [0.1, 0.15) is 23.8 Å². The zero-order valence-electron chi connectivity index (χ0n) is 29.7. The van der Waals surface area contributed by atoms with Crippen LogP contribution in [0.5, 0.6) is 0 Å². The van der Waals surface area contributed by atoms with E-state index in [0.717, 1.165) is 68.9 Å². The Kier molecular flexibility index (Phi) is 10.6. The highest BCUT2D eigenvalue weighted by Crippen LogP contribution is 2.49. The summed E-state index contributed by atoms with van der Waals surface area (Å²) in [6, 6.07) is -3.52. The number of hydrogen-bond donors (Lipinski definition) is 5. The van der Waals surface area contributed by atoms with Crippen LogP contribution in [0.1, 0.15) is 109 Å². The van der Waals surface area contributed by atoms with Gasteiger partial charge in [0, 0.05) is 30.9 Å². The molecule has 5 amide bonds. The third-order valence-electron chi connectivity index (χ3n) is 11.4. The first kappa shape index (κ1) is 35.9. The molecular weight excluding hydrogens is 638 g/mol. The molecule has 0 radical (unpaired) electrons. The highest BCUT2D eigenvalue weighted by Gasteiger charge is 2.56. The van der Waals surface area contributed by atoms with Gasteiger partial charge in [-0.25, -0.2) is 4.98 Å². The van der Waals surface area contributed by atoms with Crippen molar-refractivity contribution in [3.05, 3.63) is 35.4 Å². The summed E-state index contributed by atoms with van der Waals surface area (Å²) in [6.07, 6.45) is 12.3. The highest BCUT2D eigenvalue weighted by molar-refractivity contribution is 5.98. The van der Waals surface area contributed by atoms with Crippen molar-refractivity contribution in [3.8, 4) is 0 Å². The van der Waals surface area contributed by atoms with Crippen molar-refractivity contribution in [3.63, 3.8) is 0 Å². The molecule has 0 aromatic carbocycles. The third-order valence-corrected chi connectivity index (χ3v) is 11.4. The summed E-state index contributed by atoms with van der Waals surface area (Å²) in [6.45, 7) is 7.96. The van der Waals surface area contributed by atoms with Gasteiger partial charge >= 0.3 is 0 Å². The number of nitrogens with zero attached hydrogens (tertiary/aromatic N) is 3. The summed E-state index contributed by atoms with van der Waals surface area (Å²) >= 11 is 0. The van der Waals surface area contributed by atoms with Gasteiger partial charge in [0.25, 0.3) is 11.8 Å². The van der Waals surface area contributed by atoms with E-state index < -0.39 is 59.3 Å². The maximum absolute atomic E-state index is 14.7. The molecule has 3 heterocycles. The van der Waals surface area contributed by atoms with Crippen LogP contribution in [-0.2, 0) is 19.2 Å². The number of amides is 5. The van der Waals surface area contributed by atoms with E-state index in [0.29, 0.717) is 19.4 Å². The maximum Gasteiger partial charge on any atom is 0.272 e. The number of hydrogen-bond acceptors (Lipinski definition) is 8. The van der Waals surface area contributed by atoms with Crippen molar-refractivity contribution < 1.29 is 29.1 Å². The first-order valence-corrected chi connectivity index (χ1v) is 18.6. The summed E-state index contributed by atoms with van der Waals surface area (Å²) in [7, 11) is 0. The third kappa shape index (κ3) is 7.57. The molecule has 0 spiro atoms. The van der Waals surface area contributed by atoms with Crippen LogP contribution in [-0.4, -0.2) is 92.4 Å². The summed E-state index contributed by atoms with van der Waals surface area (Å²) in [5.41, 5.74) is 1.29. The predicted molar refractivity (Wildman–Crippen MR) is 184 cm³/mol. The Bertz CT molecular complexity index is 1500. The molecule has 1 saturated heterocycles. The van der Waals surface area contributed by atoms with Crippen LogP contribution >= 0.6 is 0 Å². The minimum atomic E-state index is -1.44. The summed E-state index contributed by atoms with van der Waals surface area (Å²) in [4.78, 5) is 78.8. The molecule has 4 fully saturated rings. The molecule has 272 valence electrons. The van der Waals surface area contributed by atoms with E-state index in [1.165, 1.54) is 18.6 Å². The molecule has 0 bridgehead atoms. The lowest BCUT2D eigenvalue weighted by molar-refractivity contribution is -0.145. The molecule has 3 aliphatic carbocycles. The number of carbonyl (C=O) groups is 5. The van der Waals surface area contributed by atoms with Crippen molar-refractivity contribution in [2.24, 2.45) is 23.2 Å². The van der Waals surface area contributed by atoms with Crippen molar-refractivity contribution >= 4 is 29.5 Å². The van der Waals surface area contributed by atoms with E-state index in [9.17, 15) is 29.1 Å². The number of likely N-dealkylation sites (tertiary alicyclic amines) is 1. The molecule has 50 heavy (non-hydrogen) atoms. The number of nitrogens with one attached hydrogen (secondary N) is 4. The Morgan fingerprint density at radius 1 is 1.02 bits per heavy atom. The zero-order valence-corrected chi connectivity index (χ0v) is 29.7. The summed E-state index contributed by atoms with van der Waals surface area (Å²) in [5.74, 6) is -2.15. The molecule has 2 aliphatic heterocycles. The van der Waals surface area contributed by atoms with E-state index in [1.54, 1.807) is 4.90 Å². The topological polar surface area (TPSA) is 183 Å². The van der Waals surface area contributed by atoms with Crippen molar-refractivity contribution in [1.29, 1.82) is 0 Å². The Morgan fingerprint density at radius 3 is 2.40 bits per heavy atom. The molecule has 13 heteroatoms. The van der Waals surface area contributed by atoms with Crippen LogP contribution in [0.3, 0.4) is 0 Å². The second-order valence-corrected chi connectivity index (χ2v) is 16.0. The lowest BCUT2D eigenvalue weighted by Gasteiger charge is -2.37. The number of rotatable bonds is 11. The molecule has 5 N–H and O–H groups in total. The first-order valence-electron chi connectivity index (χ1n) is 18.6. The van der Waals surface area contributed by atoms with Gasteiger partial charge in [0.05, 0.1) is 12.2 Å². The molecule has 2 unspecified atom stereocenters. The van der Waals surface area contributed by atoms with Gasteiger partial charge in [-0.1, -0.05) is 65.4 Å². The zero-order chi connectivity index (χ0) is 35.7. The average molecular weight is 692 g/mol. The number of carbonyl (C=O) groups excluding carboxylic acids is 5. The molecule has 13 nitrogen and oxygen atoms in total. The maximum atomic E-state index is 14.7. The smallest absolute Gasteiger partial charge is 0.272 e. The molecular formula is C37H53N7O6. The fourth-order valence-electron chi connectivity index (χ4n) is 8.69. The van der Waals surface area contributed by atoms with E-state index in [1.807, 2.05) is 27.7 Å². The van der Waals surface area contributed by atoms with E-state index in [2.05, 4.69) is 31.2 Å². The van der Waals surface area contributed by atoms with Crippen LogP contribution in [0.15, 0.2) is 29.7 Å². The second kappa shape index (κ2) is 14.8. The Morgan fingerprint density at radius 2 is 1.76 bits per heavy atom. The van der Waals surface area contributed by atoms with Crippen LogP contribution < -0.4 is 21.3 Å². The van der Waals surface area contributed by atoms with E-state index in [-0.39, 0.29) is 35.4 Å². The fourth-order valence-corrected chi connectivity index (χ4v) is 8.69. The van der Waals surface area contributed by atoms with E-state index in [4.69, 9.17) is 0 Å². The largest absolute Gasteiger partial charge is 0.381 e. The predicted octanol–water partition coefficient (Wildman–Crippen LogP) is 2.16. The minimum absolute atomic E-state index is 0.0454. The normalized spacial score (nSPS) is 27.1. The fraction of sp³-hybridized carbons (Fsp3) is 0.703. The van der Waals surface area contributed by atoms with Gasteiger partial charge in [0.15, 0.2) is 6.10 Å². The molecule has 3 saturated carbocycles. The average Bonchev–Trinajstić information content (AvgIpc) is 3.73. The number of aromatic nitrogens is 2. The number of aliphatic hydroxyl groups excluding tert-OH is 1. The lowest BCUT2D eigenvalue weighted by atomic mass is 9.83. The molecule has 1 aromatic heterocycles. The summed E-state index contributed by atoms with van der Waals surface area (Å²) < 4.78 is 0. The van der Waals surface area contributed by atoms with Gasteiger partial charge in [-0.15, -0.1) is 0 Å². The minimum Gasteiger partial charge on any atom is -0.381 e. The van der Waals surface area contributed by atoms with Crippen molar-refractivity contribution in [1.82, 2.24) is 36.1 Å². The van der Waals surface area contributed by atoms with Crippen molar-refractivity contribution in [2.75, 3.05) is 6.54 Å². The Hall–Kier alpha value is -3.87. The molecule has 1 aromatic rings. The molecule has 5 aliphatic rings. The van der Waals surface area contributed by atoms with Crippen LogP contribution in [0.25, 0.3) is 0 Å². The lowest BCUT2D eigenvalue weighted by Crippen LogP contribution is -2.61. The first-order chi connectivity index (χ1) is 23.9. The number of aliphatic hydroxyl groups is 1. The van der Waals surface area contributed by atoms with Crippen LogP contribution in [0.4, 0.5) is 0 Å². The standard InChI is InChI=1S/C37H53N7O6/c1-5-23-24-14-11-21-19-44(29(27(21)24)34(48)42-28(23)30(45)35(49)40-22-12-13-22)36(50)31(37(2,3)4)43-32(46)25(17-20-9-7-6-8-10-20)41-33(47)26-18-38-15-16-39-26/h15-16,18,20-22,25,27-31,45H,5-14,17,19H2,1-4H3,(H,40,49)(H,41,47)(H,42,48)(H,43,46)/t21-,25-,27+,28?,29-,30?,31+/m0/s1. The monoisotopic (exact) mass is 691 g/mol. The van der Waals surface area contributed by atoms with E-state index >= 15 is 0 Å². The molecule has 6 rings (SSSR count). The van der Waals surface area contributed by atoms with Gasteiger partial charge in [-0.2, -0.15) is 0 Å².